The van der Waals surface area contributed by atoms with Crippen LogP contribution in [0.5, 0.6) is 0 Å². The van der Waals surface area contributed by atoms with Crippen molar-refractivity contribution in [3.63, 3.8) is 0 Å². The molecule has 7 heteroatoms. The van der Waals surface area contributed by atoms with Crippen molar-refractivity contribution in [2.45, 2.75) is 45.4 Å². The highest BCUT2D eigenvalue weighted by molar-refractivity contribution is 9.10. The van der Waals surface area contributed by atoms with Gasteiger partial charge < -0.3 is 10.2 Å². The minimum absolute atomic E-state index is 0.285. The molecule has 0 bridgehead atoms. The van der Waals surface area contributed by atoms with Gasteiger partial charge in [-0.2, -0.15) is 9.61 Å². The van der Waals surface area contributed by atoms with Crippen molar-refractivity contribution in [3.8, 4) is 11.3 Å². The lowest BCUT2D eigenvalue weighted by Crippen LogP contribution is -2.42. The van der Waals surface area contributed by atoms with E-state index in [0.717, 1.165) is 72.5 Å². The van der Waals surface area contributed by atoms with Crippen molar-refractivity contribution in [1.29, 1.82) is 0 Å². The smallest absolute Gasteiger partial charge is 0.225 e. The van der Waals surface area contributed by atoms with Gasteiger partial charge in [0.25, 0.3) is 0 Å². The molecule has 0 radical (unpaired) electrons. The number of halogens is 1. The molecular weight excluding hydrogens is 466 g/mol. The van der Waals surface area contributed by atoms with Gasteiger partial charge >= 0.3 is 0 Å². The molecule has 1 aliphatic heterocycles. The van der Waals surface area contributed by atoms with Crippen LogP contribution in [-0.4, -0.2) is 45.0 Å². The number of aryl methyl sites for hydroxylation is 1. The summed E-state index contributed by atoms with van der Waals surface area (Å²) in [7, 11) is 0. The molecule has 3 heterocycles. The highest BCUT2D eigenvalue weighted by Crippen LogP contribution is 2.30. The van der Waals surface area contributed by atoms with E-state index in [1.165, 1.54) is 18.4 Å². The van der Waals surface area contributed by atoms with Gasteiger partial charge in [-0.1, -0.05) is 37.1 Å². The van der Waals surface area contributed by atoms with Crippen LogP contribution in [0.4, 0.5) is 5.82 Å². The molecule has 1 saturated heterocycles. The van der Waals surface area contributed by atoms with Crippen molar-refractivity contribution in [1.82, 2.24) is 19.5 Å². The Kier molecular flexibility index (Phi) is 6.17. The van der Waals surface area contributed by atoms with Crippen LogP contribution in [0, 0.1) is 18.8 Å². The van der Waals surface area contributed by atoms with Gasteiger partial charge in [-0.05, 0) is 60.0 Å². The molecule has 0 spiro atoms. The maximum absolute atomic E-state index is 12.7. The predicted molar refractivity (Wildman–Crippen MR) is 131 cm³/mol. The van der Waals surface area contributed by atoms with Gasteiger partial charge in [-0.25, -0.2) is 4.98 Å². The first kappa shape index (κ1) is 21.4. The number of benzene rings is 1. The summed E-state index contributed by atoms with van der Waals surface area (Å²) in [5.74, 6) is 2.18. The first-order chi connectivity index (χ1) is 15.6. The third-order valence-corrected chi connectivity index (χ3v) is 7.61. The molecule has 1 aromatic carbocycles. The Balaban J connectivity index is 1.28. The summed E-state index contributed by atoms with van der Waals surface area (Å²) < 4.78 is 2.75. The number of hydrogen-bond acceptors (Lipinski definition) is 4. The third-order valence-electron chi connectivity index (χ3n) is 7.05. The summed E-state index contributed by atoms with van der Waals surface area (Å²) >= 11 is 3.59. The van der Waals surface area contributed by atoms with E-state index in [9.17, 15) is 4.79 Å². The number of piperidine rings is 1. The van der Waals surface area contributed by atoms with Gasteiger partial charge in [0.05, 0.1) is 16.4 Å². The van der Waals surface area contributed by atoms with E-state index in [1.807, 2.05) is 10.6 Å². The molecule has 0 unspecified atom stereocenters. The molecule has 5 rings (SSSR count). The topological polar surface area (TPSA) is 62.5 Å². The van der Waals surface area contributed by atoms with Crippen molar-refractivity contribution in [3.05, 3.63) is 46.6 Å². The largest absolute Gasteiger partial charge is 0.370 e. The van der Waals surface area contributed by atoms with E-state index in [2.05, 4.69) is 62.4 Å². The third kappa shape index (κ3) is 4.27. The summed E-state index contributed by atoms with van der Waals surface area (Å²) in [6, 6.07) is 10.4. The predicted octanol–water partition coefficient (Wildman–Crippen LogP) is 5.31. The van der Waals surface area contributed by atoms with Crippen LogP contribution in [0.1, 0.15) is 44.1 Å². The Morgan fingerprint density at radius 3 is 2.66 bits per heavy atom. The Bertz CT molecular complexity index is 1110. The number of carbonyl (C=O) groups is 1. The van der Waals surface area contributed by atoms with Crippen LogP contribution in [0.2, 0.25) is 0 Å². The fraction of sp³-hybridized carbons (Fsp3) is 0.480. The van der Waals surface area contributed by atoms with Crippen molar-refractivity contribution in [2.24, 2.45) is 11.8 Å². The summed E-state index contributed by atoms with van der Waals surface area (Å²) in [4.78, 5) is 19.7. The number of amides is 1. The first-order valence-corrected chi connectivity index (χ1v) is 12.5. The summed E-state index contributed by atoms with van der Waals surface area (Å²) in [5.41, 5.74) is 4.08. The average molecular weight is 496 g/mol. The maximum Gasteiger partial charge on any atom is 0.225 e. The number of anilines is 1. The van der Waals surface area contributed by atoms with Gasteiger partial charge in [-0.15, -0.1) is 0 Å². The number of hydrogen-bond donors (Lipinski definition) is 1. The zero-order valence-electron chi connectivity index (χ0n) is 18.6. The normalized spacial score (nSPS) is 17.9. The standard InChI is InChI=1S/C25H30BrN5O/c1-17-6-2-5-9-20(17)22-14-23(31-24(29-22)21(26)16-28-31)27-15-18-10-12-30(13-11-18)25(32)19-7-3-4-8-19/h2,5-6,9,14,16,18-19,27H,3-4,7-8,10-13,15H2,1H3. The van der Waals surface area contributed by atoms with E-state index >= 15 is 0 Å². The van der Waals surface area contributed by atoms with Gasteiger partial charge in [-0.3, -0.25) is 4.79 Å². The minimum atomic E-state index is 0.285. The summed E-state index contributed by atoms with van der Waals surface area (Å²) in [6.45, 7) is 4.75. The first-order valence-electron chi connectivity index (χ1n) is 11.7. The van der Waals surface area contributed by atoms with Crippen LogP contribution < -0.4 is 5.32 Å². The molecule has 1 aliphatic carbocycles. The van der Waals surface area contributed by atoms with Gasteiger partial charge in [0.1, 0.15) is 5.82 Å². The molecular formula is C25H30BrN5O. The molecule has 0 atom stereocenters. The van der Waals surface area contributed by atoms with E-state index < -0.39 is 0 Å². The summed E-state index contributed by atoms with van der Waals surface area (Å²) in [6.07, 6.45) is 8.49. The van der Waals surface area contributed by atoms with E-state index in [1.54, 1.807) is 6.20 Å². The van der Waals surface area contributed by atoms with Crippen molar-refractivity contribution >= 4 is 33.3 Å². The molecule has 2 fully saturated rings. The second-order valence-electron chi connectivity index (χ2n) is 9.20. The number of carbonyl (C=O) groups excluding carboxylic acids is 1. The van der Waals surface area contributed by atoms with E-state index in [-0.39, 0.29) is 5.92 Å². The van der Waals surface area contributed by atoms with Crippen LogP contribution in [0.3, 0.4) is 0 Å². The molecule has 1 amide bonds. The highest BCUT2D eigenvalue weighted by atomic mass is 79.9. The van der Waals surface area contributed by atoms with Crippen LogP contribution in [-0.2, 0) is 4.79 Å². The van der Waals surface area contributed by atoms with Gasteiger partial charge in [0.2, 0.25) is 5.91 Å². The van der Waals surface area contributed by atoms with Gasteiger partial charge in [0, 0.05) is 37.2 Å². The van der Waals surface area contributed by atoms with E-state index in [4.69, 9.17) is 4.98 Å². The molecule has 2 aromatic heterocycles. The summed E-state index contributed by atoms with van der Waals surface area (Å²) in [5, 5.41) is 8.15. The number of nitrogens with zero attached hydrogens (tertiary/aromatic N) is 4. The maximum atomic E-state index is 12.7. The number of fused-ring (bicyclic) bond motifs is 1. The average Bonchev–Trinajstić information content (AvgIpc) is 3.48. The molecule has 2 aliphatic rings. The lowest BCUT2D eigenvalue weighted by atomic mass is 9.95. The molecule has 3 aromatic rings. The lowest BCUT2D eigenvalue weighted by Gasteiger charge is -2.33. The zero-order valence-corrected chi connectivity index (χ0v) is 20.1. The second kappa shape index (κ2) is 9.22. The zero-order chi connectivity index (χ0) is 22.1. The fourth-order valence-electron chi connectivity index (χ4n) is 5.10. The molecule has 1 N–H and O–H groups in total. The molecule has 1 saturated carbocycles. The van der Waals surface area contributed by atoms with E-state index in [0.29, 0.717) is 11.8 Å². The van der Waals surface area contributed by atoms with Crippen LogP contribution in [0.15, 0.2) is 41.0 Å². The van der Waals surface area contributed by atoms with Gasteiger partial charge in [0.15, 0.2) is 5.65 Å². The number of likely N-dealkylation sites (tertiary alicyclic amines) is 1. The molecule has 6 nitrogen and oxygen atoms in total. The quantitative estimate of drug-likeness (QED) is 0.520. The molecule has 168 valence electrons. The van der Waals surface area contributed by atoms with Crippen molar-refractivity contribution in [2.75, 3.05) is 25.0 Å². The SMILES string of the molecule is Cc1ccccc1-c1cc(NCC2CCN(C(=O)C3CCCC3)CC2)n2ncc(Br)c2n1. The Hall–Kier alpha value is -2.41. The number of nitrogens with one attached hydrogen (secondary N) is 1. The second-order valence-corrected chi connectivity index (χ2v) is 10.1. The minimum Gasteiger partial charge on any atom is -0.370 e. The lowest BCUT2D eigenvalue weighted by molar-refractivity contribution is -0.136. The van der Waals surface area contributed by atoms with Crippen molar-refractivity contribution < 1.29 is 4.79 Å². The number of aromatic nitrogens is 3. The Morgan fingerprint density at radius 1 is 1.16 bits per heavy atom. The fourth-order valence-corrected chi connectivity index (χ4v) is 5.45. The Labute approximate surface area is 197 Å². The number of rotatable bonds is 5. The molecule has 32 heavy (non-hydrogen) atoms. The Morgan fingerprint density at radius 2 is 1.91 bits per heavy atom. The van der Waals surface area contributed by atoms with Crippen LogP contribution in [0.25, 0.3) is 16.9 Å². The van der Waals surface area contributed by atoms with Crippen LogP contribution >= 0.6 is 15.9 Å². The monoisotopic (exact) mass is 495 g/mol. The highest BCUT2D eigenvalue weighted by Gasteiger charge is 2.30.